The molecule has 0 saturated heterocycles. The van der Waals surface area contributed by atoms with E-state index >= 15 is 0 Å². The number of amides is 2. The van der Waals surface area contributed by atoms with Gasteiger partial charge in [-0.3, -0.25) is 9.59 Å². The van der Waals surface area contributed by atoms with Crippen LogP contribution in [-0.4, -0.2) is 35.4 Å². The summed E-state index contributed by atoms with van der Waals surface area (Å²) < 4.78 is 6.68. The second-order valence-electron chi connectivity index (χ2n) is 9.62. The minimum Gasteiger partial charge on any atom is -0.483 e. The predicted octanol–water partition coefficient (Wildman–Crippen LogP) is 7.51. The molecular weight excluding hydrogens is 563 g/mol. The Morgan fingerprint density at radius 3 is 2.36 bits per heavy atom. The van der Waals surface area contributed by atoms with E-state index < -0.39 is 6.04 Å². The summed E-state index contributed by atoms with van der Waals surface area (Å²) in [5.41, 5.74) is 1.78. The lowest BCUT2D eigenvalue weighted by Crippen LogP contribution is -2.52. The lowest BCUT2D eigenvalue weighted by Gasteiger charge is -2.33. The average molecular weight is 598 g/mol. The number of halogens is 3. The molecule has 1 atom stereocenters. The summed E-state index contributed by atoms with van der Waals surface area (Å²) in [6, 6.07) is 10.6. The molecule has 5 nitrogen and oxygen atoms in total. The zero-order chi connectivity index (χ0) is 26.2. The molecular formula is C28H35BrCl2N2O3. The van der Waals surface area contributed by atoms with Crippen LogP contribution in [-0.2, 0) is 16.1 Å². The number of ether oxygens (including phenoxy) is 1. The van der Waals surface area contributed by atoms with Gasteiger partial charge in [0.25, 0.3) is 5.91 Å². The first-order chi connectivity index (χ1) is 17.2. The molecule has 3 rings (SSSR count). The molecule has 1 N–H and O–H groups in total. The topological polar surface area (TPSA) is 58.6 Å². The van der Waals surface area contributed by atoms with E-state index in [-0.39, 0.29) is 31.0 Å². The third-order valence-electron chi connectivity index (χ3n) is 6.70. The summed E-state index contributed by atoms with van der Waals surface area (Å²) in [6.07, 6.45) is 5.81. The van der Waals surface area contributed by atoms with Gasteiger partial charge in [-0.2, -0.15) is 0 Å². The van der Waals surface area contributed by atoms with Crippen molar-refractivity contribution in [3.63, 3.8) is 0 Å². The summed E-state index contributed by atoms with van der Waals surface area (Å²) in [4.78, 5) is 28.4. The molecule has 0 aromatic heterocycles. The zero-order valence-electron chi connectivity index (χ0n) is 21.2. The molecule has 0 heterocycles. The zero-order valence-corrected chi connectivity index (χ0v) is 24.3. The summed E-state index contributed by atoms with van der Waals surface area (Å²) in [7, 11) is 0. The number of nitrogens with zero attached hydrogens (tertiary/aromatic N) is 1. The highest BCUT2D eigenvalue weighted by molar-refractivity contribution is 9.10. The van der Waals surface area contributed by atoms with Crippen molar-refractivity contribution in [2.24, 2.45) is 0 Å². The lowest BCUT2D eigenvalue weighted by molar-refractivity contribution is -0.143. The monoisotopic (exact) mass is 596 g/mol. The second-order valence-corrected chi connectivity index (χ2v) is 11.3. The number of nitrogens with one attached hydrogen (secondary N) is 1. The first-order valence-corrected chi connectivity index (χ1v) is 14.2. The van der Waals surface area contributed by atoms with Crippen LogP contribution in [0.15, 0.2) is 40.9 Å². The van der Waals surface area contributed by atoms with Crippen molar-refractivity contribution in [3.8, 4) is 5.75 Å². The van der Waals surface area contributed by atoms with E-state index in [9.17, 15) is 9.59 Å². The third-order valence-corrected chi connectivity index (χ3v) is 8.03. The molecule has 1 aliphatic carbocycles. The van der Waals surface area contributed by atoms with Crippen molar-refractivity contribution in [3.05, 3.63) is 62.0 Å². The molecule has 0 bridgehead atoms. The molecule has 0 spiro atoms. The first-order valence-electron chi connectivity index (χ1n) is 12.7. The van der Waals surface area contributed by atoms with Gasteiger partial charge in [-0.1, -0.05) is 75.4 Å². The van der Waals surface area contributed by atoms with Gasteiger partial charge in [0, 0.05) is 28.2 Å². The van der Waals surface area contributed by atoms with Crippen molar-refractivity contribution in [2.75, 3.05) is 6.61 Å². The molecule has 0 unspecified atom stereocenters. The number of carbonyl (C=O) groups excluding carboxylic acids is 2. The number of hydrogen-bond donors (Lipinski definition) is 1. The van der Waals surface area contributed by atoms with E-state index in [1.165, 1.54) is 12.0 Å². The van der Waals surface area contributed by atoms with Crippen molar-refractivity contribution in [2.45, 2.75) is 83.8 Å². The van der Waals surface area contributed by atoms with Crippen molar-refractivity contribution in [1.29, 1.82) is 0 Å². The first kappa shape index (κ1) is 28.8. The van der Waals surface area contributed by atoms with E-state index in [2.05, 4.69) is 35.1 Å². The fraction of sp³-hybridized carbons (Fsp3) is 0.500. The van der Waals surface area contributed by atoms with Gasteiger partial charge in [-0.25, -0.2) is 0 Å². The van der Waals surface area contributed by atoms with Crippen molar-refractivity contribution >= 4 is 50.9 Å². The van der Waals surface area contributed by atoms with Crippen LogP contribution in [0.3, 0.4) is 0 Å². The molecule has 1 aliphatic rings. The summed E-state index contributed by atoms with van der Waals surface area (Å²) in [5, 5.41) is 4.08. The normalized spacial score (nSPS) is 15.0. The number of benzene rings is 2. The minimum absolute atomic E-state index is 0.116. The van der Waals surface area contributed by atoms with Crippen LogP contribution in [0.1, 0.15) is 76.3 Å². The predicted molar refractivity (Wildman–Crippen MR) is 150 cm³/mol. The highest BCUT2D eigenvalue weighted by Gasteiger charge is 2.31. The fourth-order valence-corrected chi connectivity index (χ4v) is 5.56. The fourth-order valence-electron chi connectivity index (χ4n) is 4.53. The second kappa shape index (κ2) is 13.7. The van der Waals surface area contributed by atoms with Gasteiger partial charge in [0.05, 0.1) is 4.47 Å². The Bertz CT molecular complexity index is 1040. The van der Waals surface area contributed by atoms with Crippen molar-refractivity contribution in [1.82, 2.24) is 10.2 Å². The van der Waals surface area contributed by atoms with E-state index in [1.54, 1.807) is 23.1 Å². The molecule has 8 heteroatoms. The van der Waals surface area contributed by atoms with E-state index in [1.807, 2.05) is 25.1 Å². The van der Waals surface area contributed by atoms with Crippen molar-refractivity contribution < 1.29 is 14.3 Å². The van der Waals surface area contributed by atoms with E-state index in [4.69, 9.17) is 27.9 Å². The lowest BCUT2D eigenvalue weighted by atomic mass is 9.95. The van der Waals surface area contributed by atoms with E-state index in [0.29, 0.717) is 33.7 Å². The van der Waals surface area contributed by atoms with Gasteiger partial charge in [-0.15, -0.1) is 0 Å². The van der Waals surface area contributed by atoms with Gasteiger partial charge < -0.3 is 15.0 Å². The molecule has 2 aromatic carbocycles. The van der Waals surface area contributed by atoms with Gasteiger partial charge >= 0.3 is 0 Å². The van der Waals surface area contributed by atoms with Crippen LogP contribution in [0.2, 0.25) is 10.0 Å². The maximum absolute atomic E-state index is 13.5. The maximum Gasteiger partial charge on any atom is 0.261 e. The summed E-state index contributed by atoms with van der Waals surface area (Å²) in [6.45, 7) is 6.04. The van der Waals surface area contributed by atoms with Crippen LogP contribution in [0.5, 0.6) is 5.75 Å². The minimum atomic E-state index is -0.665. The van der Waals surface area contributed by atoms with Gasteiger partial charge in [-0.05, 0) is 70.9 Å². The number of carbonyl (C=O) groups is 2. The Morgan fingerprint density at radius 2 is 1.78 bits per heavy atom. The molecule has 0 radical (unpaired) electrons. The summed E-state index contributed by atoms with van der Waals surface area (Å²) >= 11 is 16.4. The molecule has 36 heavy (non-hydrogen) atoms. The largest absolute Gasteiger partial charge is 0.483 e. The smallest absolute Gasteiger partial charge is 0.261 e. The quantitative estimate of drug-likeness (QED) is 0.308. The molecule has 2 amide bonds. The van der Waals surface area contributed by atoms with Crippen LogP contribution < -0.4 is 10.1 Å². The highest BCUT2D eigenvalue weighted by atomic mass is 79.9. The molecule has 1 saturated carbocycles. The van der Waals surface area contributed by atoms with Gasteiger partial charge in [0.15, 0.2) is 6.61 Å². The van der Waals surface area contributed by atoms with Crippen LogP contribution in [0.25, 0.3) is 0 Å². The van der Waals surface area contributed by atoms with E-state index in [0.717, 1.165) is 30.2 Å². The van der Waals surface area contributed by atoms with Crippen LogP contribution in [0.4, 0.5) is 0 Å². The Morgan fingerprint density at radius 1 is 1.11 bits per heavy atom. The Balaban J connectivity index is 1.81. The molecule has 0 aliphatic heterocycles. The Hall–Kier alpha value is -1.76. The Kier molecular flexibility index (Phi) is 11.0. The molecule has 196 valence electrons. The number of hydrogen-bond acceptors (Lipinski definition) is 3. The maximum atomic E-state index is 13.5. The highest BCUT2D eigenvalue weighted by Crippen LogP contribution is 2.30. The standard InChI is InChI=1S/C28H35BrCl2N2O3/c1-4-25(28(35)32-20-9-6-5-7-10-20)33(16-21-23(30)11-8-12-24(21)31)27(34)17-36-26-14-13-19(18(2)3)15-22(26)29/h8,11-15,18,20,25H,4-7,9-10,16-17H2,1-3H3,(H,32,35)/t25-/m1/s1. The summed E-state index contributed by atoms with van der Waals surface area (Å²) in [5.74, 6) is 0.490. The number of rotatable bonds is 10. The van der Waals surface area contributed by atoms with Crippen LogP contribution >= 0.6 is 39.1 Å². The SMILES string of the molecule is CC[C@H](C(=O)NC1CCCCC1)N(Cc1c(Cl)cccc1Cl)C(=O)COc1ccc(C(C)C)cc1Br. The average Bonchev–Trinajstić information content (AvgIpc) is 2.85. The van der Waals surface area contributed by atoms with Gasteiger partial charge in [0.2, 0.25) is 5.91 Å². The van der Waals surface area contributed by atoms with Crippen LogP contribution in [0, 0.1) is 0 Å². The third kappa shape index (κ3) is 7.62. The molecule has 2 aromatic rings. The Labute approximate surface area is 233 Å². The molecule has 1 fully saturated rings. The van der Waals surface area contributed by atoms with Gasteiger partial charge in [0.1, 0.15) is 11.8 Å².